The molecule has 0 fully saturated rings. The van der Waals surface area contributed by atoms with Crippen molar-refractivity contribution in [2.75, 3.05) is 0 Å². The van der Waals surface area contributed by atoms with E-state index in [4.69, 9.17) is 23.2 Å². The largest absolute Gasteiger partial charge is 0.277 e. The third-order valence-corrected chi connectivity index (χ3v) is 6.59. The molecular weight excluding hydrogens is 409 g/mol. The lowest BCUT2D eigenvalue weighted by Crippen LogP contribution is -2.00. The second kappa shape index (κ2) is 7.13. The van der Waals surface area contributed by atoms with Crippen LogP contribution < -0.4 is 0 Å². The van der Waals surface area contributed by atoms with E-state index >= 15 is 0 Å². The van der Waals surface area contributed by atoms with Crippen molar-refractivity contribution >= 4 is 56.8 Å². The minimum Gasteiger partial charge on any atom is -0.277 e. The van der Waals surface area contributed by atoms with Crippen LogP contribution >= 0.6 is 35.0 Å². The number of hydrogen-bond donors (Lipinski definition) is 0. The third-order valence-electron chi connectivity index (χ3n) is 4.54. The summed E-state index contributed by atoms with van der Waals surface area (Å²) in [6.07, 6.45) is 3.51. The molecular formula is C22H13Cl2N3S. The van der Waals surface area contributed by atoms with Crippen LogP contribution in [-0.2, 0) is 0 Å². The van der Waals surface area contributed by atoms with E-state index in [1.807, 2.05) is 36.4 Å². The van der Waals surface area contributed by atoms with Gasteiger partial charge in [-0.3, -0.25) is 4.57 Å². The van der Waals surface area contributed by atoms with Crippen LogP contribution in [0.15, 0.2) is 88.9 Å². The van der Waals surface area contributed by atoms with E-state index in [1.165, 1.54) is 0 Å². The molecule has 0 amide bonds. The molecule has 3 nitrogen and oxygen atoms in total. The second-order valence-corrected chi connectivity index (χ2v) is 8.07. The van der Waals surface area contributed by atoms with Crippen LogP contribution in [0.3, 0.4) is 0 Å². The molecule has 0 aliphatic rings. The van der Waals surface area contributed by atoms with Gasteiger partial charge in [0.05, 0.1) is 21.1 Å². The van der Waals surface area contributed by atoms with Crippen LogP contribution in [0.1, 0.15) is 0 Å². The number of hydrogen-bond acceptors (Lipinski definition) is 3. The average Bonchev–Trinajstić information content (AvgIpc) is 3.07. The van der Waals surface area contributed by atoms with Crippen molar-refractivity contribution < 1.29 is 0 Å². The first-order valence-electron chi connectivity index (χ1n) is 8.65. The van der Waals surface area contributed by atoms with Gasteiger partial charge in [0.15, 0.2) is 0 Å². The van der Waals surface area contributed by atoms with Crippen molar-refractivity contribution in [2.45, 2.75) is 9.79 Å². The van der Waals surface area contributed by atoms with Crippen LogP contribution in [0.25, 0.3) is 27.8 Å². The van der Waals surface area contributed by atoms with Gasteiger partial charge in [0.1, 0.15) is 0 Å². The summed E-state index contributed by atoms with van der Waals surface area (Å²) in [6.45, 7) is 0. The van der Waals surface area contributed by atoms with E-state index in [9.17, 15) is 0 Å². The Morgan fingerprint density at radius 2 is 1.39 bits per heavy atom. The average molecular weight is 422 g/mol. The molecule has 5 aromatic rings. The smallest absolute Gasteiger partial charge is 0.234 e. The van der Waals surface area contributed by atoms with Gasteiger partial charge < -0.3 is 0 Å². The molecule has 0 N–H and O–H groups in total. The molecule has 0 unspecified atom stereocenters. The lowest BCUT2D eigenvalue weighted by Gasteiger charge is -2.11. The minimum atomic E-state index is 0.631. The normalized spacial score (nSPS) is 11.4. The zero-order chi connectivity index (χ0) is 19.1. The predicted molar refractivity (Wildman–Crippen MR) is 117 cm³/mol. The van der Waals surface area contributed by atoms with Gasteiger partial charge in [0.25, 0.3) is 0 Å². The first-order chi connectivity index (χ1) is 13.7. The monoisotopic (exact) mass is 421 g/mol. The van der Waals surface area contributed by atoms with Crippen LogP contribution in [0.4, 0.5) is 0 Å². The maximum Gasteiger partial charge on any atom is 0.234 e. The second-order valence-electron chi connectivity index (χ2n) is 6.21. The summed E-state index contributed by atoms with van der Waals surface area (Å²) in [7, 11) is 0. The lowest BCUT2D eigenvalue weighted by molar-refractivity contribution is 0.981. The molecule has 5 rings (SSSR count). The fourth-order valence-electron chi connectivity index (χ4n) is 3.37. The van der Waals surface area contributed by atoms with Crippen molar-refractivity contribution in [3.63, 3.8) is 0 Å². The molecule has 0 bridgehead atoms. The first-order valence-corrected chi connectivity index (χ1v) is 10.2. The number of halogens is 2. The van der Waals surface area contributed by atoms with Gasteiger partial charge in [-0.05, 0) is 30.3 Å². The topological polar surface area (TPSA) is 30.7 Å². The summed E-state index contributed by atoms with van der Waals surface area (Å²) in [4.78, 5) is 10.9. The zero-order valence-electron chi connectivity index (χ0n) is 14.5. The zero-order valence-corrected chi connectivity index (χ0v) is 16.8. The first kappa shape index (κ1) is 17.6. The molecule has 136 valence electrons. The number of para-hydroxylation sites is 2. The highest BCUT2D eigenvalue weighted by atomic mass is 35.5. The maximum atomic E-state index is 6.43. The van der Waals surface area contributed by atoms with Crippen molar-refractivity contribution in [3.8, 4) is 5.95 Å². The summed E-state index contributed by atoms with van der Waals surface area (Å²) in [6, 6.07) is 21.9. The van der Waals surface area contributed by atoms with Crippen molar-refractivity contribution in [1.82, 2.24) is 14.5 Å². The molecule has 0 saturated carbocycles. The molecule has 28 heavy (non-hydrogen) atoms. The predicted octanol–water partition coefficient (Wildman–Crippen LogP) is 7.03. The molecule has 2 aromatic heterocycles. The van der Waals surface area contributed by atoms with Gasteiger partial charge in [-0.1, -0.05) is 71.4 Å². The molecule has 0 aliphatic heterocycles. The number of benzene rings is 3. The van der Waals surface area contributed by atoms with E-state index in [2.05, 4.69) is 44.9 Å². The van der Waals surface area contributed by atoms with Gasteiger partial charge in [-0.25, -0.2) is 9.97 Å². The Balaban J connectivity index is 1.85. The Morgan fingerprint density at radius 1 is 0.714 bits per heavy atom. The van der Waals surface area contributed by atoms with Crippen molar-refractivity contribution in [2.24, 2.45) is 0 Å². The van der Waals surface area contributed by atoms with E-state index in [0.29, 0.717) is 16.0 Å². The minimum absolute atomic E-state index is 0.631. The molecule has 6 heteroatoms. The summed E-state index contributed by atoms with van der Waals surface area (Å²) >= 11 is 14.4. The van der Waals surface area contributed by atoms with Crippen LogP contribution in [-0.4, -0.2) is 14.5 Å². The summed E-state index contributed by atoms with van der Waals surface area (Å²) < 4.78 is 2.09. The van der Waals surface area contributed by atoms with Crippen LogP contribution in [0, 0.1) is 0 Å². The number of aromatic nitrogens is 3. The van der Waals surface area contributed by atoms with Crippen LogP contribution in [0.5, 0.6) is 0 Å². The summed E-state index contributed by atoms with van der Waals surface area (Å²) in [5, 5.41) is 3.55. The van der Waals surface area contributed by atoms with Crippen molar-refractivity contribution in [1.29, 1.82) is 0 Å². The fraction of sp³-hybridized carbons (Fsp3) is 0. The Labute approximate surface area is 175 Å². The highest BCUT2D eigenvalue weighted by molar-refractivity contribution is 7.99. The number of rotatable bonds is 3. The molecule has 0 spiro atoms. The standard InChI is InChI=1S/C22H13Cl2N3S/c23-16-8-4-9-17(24)21(16)28-19-11-3-7-15-14-6-1-2-10-18(14)27(20(15)19)22-25-12-5-13-26-22/h1-13H. The maximum absolute atomic E-state index is 6.43. The highest BCUT2D eigenvalue weighted by Crippen LogP contribution is 2.43. The molecule has 0 aliphatic carbocycles. The van der Waals surface area contributed by atoms with E-state index < -0.39 is 0 Å². The third kappa shape index (κ3) is 2.85. The highest BCUT2D eigenvalue weighted by Gasteiger charge is 2.18. The van der Waals surface area contributed by atoms with Gasteiger partial charge in [0.2, 0.25) is 5.95 Å². The van der Waals surface area contributed by atoms with E-state index in [1.54, 1.807) is 24.2 Å². The molecule has 0 saturated heterocycles. The lowest BCUT2D eigenvalue weighted by atomic mass is 10.1. The molecule has 0 atom stereocenters. The molecule has 3 aromatic carbocycles. The summed E-state index contributed by atoms with van der Waals surface area (Å²) in [5.41, 5.74) is 2.10. The van der Waals surface area contributed by atoms with Crippen LogP contribution in [0.2, 0.25) is 10.0 Å². The molecule has 0 radical (unpaired) electrons. The number of nitrogens with zero attached hydrogens (tertiary/aromatic N) is 3. The Kier molecular flexibility index (Phi) is 4.47. The fourth-order valence-corrected chi connectivity index (χ4v) is 5.00. The van der Waals surface area contributed by atoms with Gasteiger partial charge in [0, 0.05) is 33.0 Å². The Morgan fingerprint density at radius 3 is 2.18 bits per heavy atom. The molecule has 2 heterocycles. The van der Waals surface area contributed by atoms with Crippen molar-refractivity contribution in [3.05, 3.63) is 89.2 Å². The van der Waals surface area contributed by atoms with Gasteiger partial charge >= 0.3 is 0 Å². The van der Waals surface area contributed by atoms with Gasteiger partial charge in [-0.15, -0.1) is 0 Å². The van der Waals surface area contributed by atoms with E-state index in [-0.39, 0.29) is 0 Å². The Hall–Kier alpha value is -2.53. The quantitative estimate of drug-likeness (QED) is 0.313. The van der Waals surface area contributed by atoms with Gasteiger partial charge in [-0.2, -0.15) is 0 Å². The number of fused-ring (bicyclic) bond motifs is 3. The Bertz CT molecular complexity index is 1300. The summed E-state index contributed by atoms with van der Waals surface area (Å²) in [5.74, 6) is 0.631. The van der Waals surface area contributed by atoms with E-state index in [0.717, 1.165) is 31.6 Å². The SMILES string of the molecule is Clc1cccc(Cl)c1Sc1cccc2c3ccccc3n(-c3ncccn3)c12.